The number of rotatable bonds is 80. The lowest BCUT2D eigenvalue weighted by Crippen LogP contribution is -2.38. The van der Waals surface area contributed by atoms with Crippen LogP contribution in [-0.2, 0) is 65.4 Å². The lowest BCUT2D eigenvalue weighted by molar-refractivity contribution is -0.170. The average molecular weight is 1490 g/mol. The van der Waals surface area contributed by atoms with E-state index in [2.05, 4.69) is 52.2 Å². The second-order valence-corrected chi connectivity index (χ2v) is 31.9. The summed E-state index contributed by atoms with van der Waals surface area (Å²) in [6.07, 6.45) is 55.3. The normalized spacial score (nSPS) is 14.0. The average Bonchev–Trinajstić information content (AvgIpc) is 0.895. The van der Waals surface area contributed by atoms with Crippen LogP contribution in [0.15, 0.2) is 0 Å². The van der Waals surface area contributed by atoms with Gasteiger partial charge in [-0.1, -0.05) is 337 Å². The van der Waals surface area contributed by atoms with Crippen LogP contribution in [0.1, 0.15) is 427 Å². The van der Waals surface area contributed by atoms with E-state index in [0.29, 0.717) is 38.5 Å². The predicted octanol–water partition coefficient (Wildman–Crippen LogP) is 23.7. The molecule has 21 heteroatoms. The molecule has 2 amide bonds. The number of esters is 4. The molecule has 0 bridgehead atoms. The molecule has 0 radical (unpaired) electrons. The third-order valence-electron chi connectivity index (χ3n) is 19.2. The number of carbonyl (C=O) groups excluding carboxylic acids is 5. The van der Waals surface area contributed by atoms with Gasteiger partial charge in [0, 0.05) is 51.6 Å². The first kappa shape index (κ1) is 99.4. The SMILES string of the molecule is CCCCCCCCCCCCC(=O)OC(CCOP(=O)(O)OCCNC(=O)NCCOP(=O)(O)OCCC(OC(=O)CCCCCCCCCCCC)C(CCCCCCCCCC)OC(=O)CCCCCCCCCC)C(CCCCCCCCCC)OC(=O)CCCCCCCCCC. The molecule has 0 fully saturated rings. The van der Waals surface area contributed by atoms with Crippen LogP contribution in [0.25, 0.3) is 0 Å². The van der Waals surface area contributed by atoms with Crippen molar-refractivity contribution >= 4 is 45.6 Å². The van der Waals surface area contributed by atoms with E-state index in [-0.39, 0.29) is 76.8 Å². The summed E-state index contributed by atoms with van der Waals surface area (Å²) in [5.74, 6) is -1.53. The maximum absolute atomic E-state index is 13.5. The van der Waals surface area contributed by atoms with Gasteiger partial charge in [-0.3, -0.25) is 37.3 Å². The number of phosphoric acid groups is 2. The third kappa shape index (κ3) is 67.9. The topological polar surface area (TPSA) is 258 Å². The Labute approximate surface area is 623 Å². The largest absolute Gasteiger partial charge is 0.472 e. The molecule has 0 aliphatic heterocycles. The number of unbranched alkanes of at least 4 members (excludes halogenated alkanes) is 46. The lowest BCUT2D eigenvalue weighted by Gasteiger charge is -2.27. The molecule has 0 aromatic rings. The van der Waals surface area contributed by atoms with Crippen molar-refractivity contribution in [1.29, 1.82) is 0 Å². The summed E-state index contributed by atoms with van der Waals surface area (Å²) < 4.78 is 72.1. The number of hydrogen-bond donors (Lipinski definition) is 4. The summed E-state index contributed by atoms with van der Waals surface area (Å²) in [6.45, 7) is 11.3. The van der Waals surface area contributed by atoms with Crippen molar-refractivity contribution in [3.05, 3.63) is 0 Å². The quantitative estimate of drug-likeness (QED) is 0.0191. The second-order valence-electron chi connectivity index (χ2n) is 29.0. The molecule has 19 nitrogen and oxygen atoms in total. The van der Waals surface area contributed by atoms with Crippen molar-refractivity contribution in [2.45, 2.75) is 451 Å². The zero-order valence-electron chi connectivity index (χ0n) is 66.4. The Bertz CT molecular complexity index is 1890. The predicted molar refractivity (Wildman–Crippen MR) is 415 cm³/mol. The van der Waals surface area contributed by atoms with Crippen molar-refractivity contribution < 1.29 is 79.9 Å². The number of nitrogens with one attached hydrogen (secondary N) is 2. The second kappa shape index (κ2) is 73.9. The number of phosphoric ester groups is 2. The van der Waals surface area contributed by atoms with Gasteiger partial charge in [0.05, 0.1) is 26.4 Å². The molecular weight excluding hydrogens is 1330 g/mol. The van der Waals surface area contributed by atoms with Crippen LogP contribution in [-0.4, -0.2) is 104 Å². The molecule has 0 aromatic heterocycles. The van der Waals surface area contributed by atoms with E-state index in [0.717, 1.165) is 128 Å². The van der Waals surface area contributed by atoms with E-state index in [9.17, 15) is 42.9 Å². The highest BCUT2D eigenvalue weighted by molar-refractivity contribution is 7.47. The van der Waals surface area contributed by atoms with Gasteiger partial charge < -0.3 is 39.4 Å². The monoisotopic (exact) mass is 1490 g/mol. The van der Waals surface area contributed by atoms with Gasteiger partial charge in [0.15, 0.2) is 0 Å². The molecule has 102 heavy (non-hydrogen) atoms. The Morgan fingerprint density at radius 2 is 0.431 bits per heavy atom. The molecule has 6 atom stereocenters. The molecule has 0 aromatic carbocycles. The van der Waals surface area contributed by atoms with Crippen LogP contribution < -0.4 is 10.6 Å². The number of ether oxygens (including phenoxy) is 4. The smallest absolute Gasteiger partial charge is 0.458 e. The Kier molecular flexibility index (Phi) is 72.0. The highest BCUT2D eigenvalue weighted by Crippen LogP contribution is 2.44. The van der Waals surface area contributed by atoms with Gasteiger partial charge in [0.25, 0.3) is 0 Å². The Morgan fingerprint density at radius 1 is 0.255 bits per heavy atom. The van der Waals surface area contributed by atoms with Crippen molar-refractivity contribution in [3.8, 4) is 0 Å². The molecule has 604 valence electrons. The number of carbonyl (C=O) groups is 5. The minimum Gasteiger partial charge on any atom is -0.458 e. The fourth-order valence-electron chi connectivity index (χ4n) is 12.8. The van der Waals surface area contributed by atoms with Crippen LogP contribution in [0.5, 0.6) is 0 Å². The van der Waals surface area contributed by atoms with Gasteiger partial charge in [0.1, 0.15) is 24.4 Å². The summed E-state index contributed by atoms with van der Waals surface area (Å²) in [5, 5.41) is 5.01. The van der Waals surface area contributed by atoms with E-state index in [4.69, 9.17) is 37.0 Å². The summed E-state index contributed by atoms with van der Waals surface area (Å²) in [5.41, 5.74) is 0. The molecule has 0 spiro atoms. The Morgan fingerprint density at radius 3 is 0.647 bits per heavy atom. The minimum absolute atomic E-state index is 0.0230. The first-order valence-corrected chi connectivity index (χ1v) is 45.6. The zero-order valence-corrected chi connectivity index (χ0v) is 68.2. The minimum atomic E-state index is -4.69. The molecule has 6 unspecified atom stereocenters. The van der Waals surface area contributed by atoms with E-state index >= 15 is 0 Å². The molecular formula is C81H158N2O17P2. The van der Waals surface area contributed by atoms with E-state index in [1.165, 1.54) is 180 Å². The van der Waals surface area contributed by atoms with E-state index in [1.54, 1.807) is 0 Å². The van der Waals surface area contributed by atoms with Crippen LogP contribution in [0, 0.1) is 0 Å². The standard InChI is InChI=1S/C81H158N2O17P2/c1-7-13-19-25-31-37-39-45-51-57-63-79(86)99-75(73(59-53-47-41-33-27-21-15-9-3)97-77(84)61-55-49-43-35-29-23-17-11-5)65-69-93-101(89,90)95-71-67-82-81(88)83-68-72-96-102(91,92)94-70-66-76(100-80(87)64-58-52-46-40-38-32-26-20-14-8-2)74(60-54-48-42-34-28-22-16-10-4)98-78(85)62-56-50-44-36-30-24-18-12-6/h73-76H,7-72H2,1-6H3,(H,89,90)(H,91,92)(H2,82,83,88). The molecule has 0 aliphatic rings. The van der Waals surface area contributed by atoms with Crippen molar-refractivity contribution in [1.82, 2.24) is 10.6 Å². The van der Waals surface area contributed by atoms with Gasteiger partial charge in [-0.2, -0.15) is 0 Å². The van der Waals surface area contributed by atoms with Crippen LogP contribution >= 0.6 is 15.6 Å². The summed E-state index contributed by atoms with van der Waals surface area (Å²) >= 11 is 0. The first-order chi connectivity index (χ1) is 49.6. The Balaban J connectivity index is 5.78. The fourth-order valence-corrected chi connectivity index (χ4v) is 14.3. The summed E-state index contributed by atoms with van der Waals surface area (Å²) in [4.78, 5) is 88.2. The van der Waals surface area contributed by atoms with Gasteiger partial charge in [0.2, 0.25) is 0 Å². The number of amides is 2. The van der Waals surface area contributed by atoms with Crippen molar-refractivity contribution in [3.63, 3.8) is 0 Å². The van der Waals surface area contributed by atoms with E-state index < -0.39 is 71.2 Å². The van der Waals surface area contributed by atoms with E-state index in [1.807, 2.05) is 0 Å². The Hall–Kier alpha value is -2.63. The van der Waals surface area contributed by atoms with Crippen molar-refractivity contribution in [2.24, 2.45) is 0 Å². The van der Waals surface area contributed by atoms with Crippen molar-refractivity contribution in [2.75, 3.05) is 39.5 Å². The number of hydrogen-bond acceptors (Lipinski definition) is 15. The van der Waals surface area contributed by atoms with Gasteiger partial charge in [-0.25, -0.2) is 13.9 Å². The van der Waals surface area contributed by atoms with Gasteiger partial charge in [-0.15, -0.1) is 0 Å². The number of urea groups is 1. The summed E-state index contributed by atoms with van der Waals surface area (Å²) in [7, 11) is -9.38. The highest BCUT2D eigenvalue weighted by atomic mass is 31.2. The van der Waals surface area contributed by atoms with Crippen LogP contribution in [0.2, 0.25) is 0 Å². The van der Waals surface area contributed by atoms with Gasteiger partial charge in [-0.05, 0) is 51.4 Å². The first-order valence-electron chi connectivity index (χ1n) is 42.6. The molecule has 0 saturated heterocycles. The molecule has 0 heterocycles. The fraction of sp³-hybridized carbons (Fsp3) is 0.938. The maximum Gasteiger partial charge on any atom is 0.472 e. The molecule has 0 saturated carbocycles. The molecule has 4 N–H and O–H groups in total. The van der Waals surface area contributed by atoms with Crippen LogP contribution in [0.3, 0.4) is 0 Å². The molecule has 0 rings (SSSR count). The molecule has 0 aliphatic carbocycles. The lowest BCUT2D eigenvalue weighted by atomic mass is 10.0. The highest BCUT2D eigenvalue weighted by Gasteiger charge is 2.33. The third-order valence-corrected chi connectivity index (χ3v) is 21.2. The summed E-state index contributed by atoms with van der Waals surface area (Å²) in [6, 6.07) is -0.714. The maximum atomic E-state index is 13.5. The zero-order chi connectivity index (χ0) is 74.9. The van der Waals surface area contributed by atoms with Gasteiger partial charge >= 0.3 is 45.6 Å². The van der Waals surface area contributed by atoms with Crippen LogP contribution in [0.4, 0.5) is 4.79 Å².